The summed E-state index contributed by atoms with van der Waals surface area (Å²) in [6, 6.07) is 9.46. The SMILES string of the molecule is CCCNC(CCN(CC)CC)c1ccc(C)cc1. The van der Waals surface area contributed by atoms with Gasteiger partial charge in [-0.25, -0.2) is 0 Å². The van der Waals surface area contributed by atoms with Crippen molar-refractivity contribution in [2.24, 2.45) is 0 Å². The lowest BCUT2D eigenvalue weighted by atomic mass is 10.0. The van der Waals surface area contributed by atoms with Crippen molar-refractivity contribution in [2.75, 3.05) is 26.2 Å². The number of hydrogen-bond donors (Lipinski definition) is 1. The molecular formula is C17H30N2. The average molecular weight is 262 g/mol. The molecule has 0 aliphatic carbocycles. The Morgan fingerprint density at radius 1 is 1.05 bits per heavy atom. The molecule has 1 N–H and O–H groups in total. The predicted octanol–water partition coefficient (Wildman–Crippen LogP) is 3.77. The van der Waals surface area contributed by atoms with Gasteiger partial charge in [0.25, 0.3) is 0 Å². The van der Waals surface area contributed by atoms with Crippen LogP contribution in [0, 0.1) is 6.92 Å². The average Bonchev–Trinajstić information content (AvgIpc) is 2.44. The summed E-state index contributed by atoms with van der Waals surface area (Å²) in [6.45, 7) is 13.4. The first-order valence-corrected chi connectivity index (χ1v) is 7.73. The molecule has 1 aromatic carbocycles. The topological polar surface area (TPSA) is 15.3 Å². The summed E-state index contributed by atoms with van der Waals surface area (Å²) in [5, 5.41) is 3.68. The van der Waals surface area contributed by atoms with E-state index in [9.17, 15) is 0 Å². The molecule has 0 saturated heterocycles. The van der Waals surface area contributed by atoms with Crippen molar-refractivity contribution in [2.45, 2.75) is 46.6 Å². The molecule has 1 atom stereocenters. The van der Waals surface area contributed by atoms with E-state index in [4.69, 9.17) is 0 Å². The molecule has 0 saturated carbocycles. The van der Waals surface area contributed by atoms with E-state index in [0.717, 1.165) is 19.6 Å². The second-order valence-corrected chi connectivity index (χ2v) is 5.23. The fourth-order valence-electron chi connectivity index (χ4n) is 2.36. The van der Waals surface area contributed by atoms with Gasteiger partial charge in [-0.3, -0.25) is 0 Å². The van der Waals surface area contributed by atoms with Crippen LogP contribution in [-0.2, 0) is 0 Å². The van der Waals surface area contributed by atoms with E-state index in [1.54, 1.807) is 0 Å². The van der Waals surface area contributed by atoms with Crippen LogP contribution in [0.1, 0.15) is 50.8 Å². The molecule has 0 aromatic heterocycles. The third-order valence-corrected chi connectivity index (χ3v) is 3.75. The van der Waals surface area contributed by atoms with Gasteiger partial charge in [-0.15, -0.1) is 0 Å². The van der Waals surface area contributed by atoms with Crippen LogP contribution in [0.3, 0.4) is 0 Å². The Morgan fingerprint density at radius 2 is 1.68 bits per heavy atom. The molecule has 0 aliphatic heterocycles. The molecule has 2 heteroatoms. The number of hydrogen-bond acceptors (Lipinski definition) is 2. The summed E-state index contributed by atoms with van der Waals surface area (Å²) in [5.74, 6) is 0. The lowest BCUT2D eigenvalue weighted by Crippen LogP contribution is -2.29. The molecule has 1 aromatic rings. The number of nitrogens with zero attached hydrogens (tertiary/aromatic N) is 1. The number of aryl methyl sites for hydroxylation is 1. The summed E-state index contributed by atoms with van der Waals surface area (Å²) in [7, 11) is 0. The Kier molecular flexibility index (Phi) is 7.76. The second-order valence-electron chi connectivity index (χ2n) is 5.23. The number of benzene rings is 1. The van der Waals surface area contributed by atoms with Gasteiger partial charge in [-0.2, -0.15) is 0 Å². The van der Waals surface area contributed by atoms with Gasteiger partial charge in [-0.05, 0) is 51.5 Å². The fraction of sp³-hybridized carbons (Fsp3) is 0.647. The molecule has 0 aliphatic rings. The van der Waals surface area contributed by atoms with Gasteiger partial charge >= 0.3 is 0 Å². The van der Waals surface area contributed by atoms with Crippen LogP contribution < -0.4 is 5.32 Å². The van der Waals surface area contributed by atoms with Crippen LogP contribution in [0.4, 0.5) is 0 Å². The lowest BCUT2D eigenvalue weighted by Gasteiger charge is -2.24. The van der Waals surface area contributed by atoms with E-state index < -0.39 is 0 Å². The van der Waals surface area contributed by atoms with Crippen LogP contribution >= 0.6 is 0 Å². The molecule has 0 amide bonds. The highest BCUT2D eigenvalue weighted by atomic mass is 15.1. The van der Waals surface area contributed by atoms with Crippen LogP contribution in [-0.4, -0.2) is 31.1 Å². The minimum absolute atomic E-state index is 0.487. The van der Waals surface area contributed by atoms with Gasteiger partial charge in [0.15, 0.2) is 0 Å². The highest BCUT2D eigenvalue weighted by molar-refractivity contribution is 5.24. The molecule has 108 valence electrons. The van der Waals surface area contributed by atoms with Crippen LogP contribution in [0.15, 0.2) is 24.3 Å². The van der Waals surface area contributed by atoms with Gasteiger partial charge in [0.2, 0.25) is 0 Å². The van der Waals surface area contributed by atoms with E-state index in [1.807, 2.05) is 0 Å². The zero-order chi connectivity index (χ0) is 14.1. The molecule has 0 heterocycles. The van der Waals surface area contributed by atoms with Gasteiger partial charge in [0.05, 0.1) is 0 Å². The van der Waals surface area contributed by atoms with Crippen molar-refractivity contribution in [3.63, 3.8) is 0 Å². The van der Waals surface area contributed by atoms with E-state index in [1.165, 1.54) is 30.5 Å². The Hall–Kier alpha value is -0.860. The zero-order valence-electron chi connectivity index (χ0n) is 13.1. The maximum atomic E-state index is 3.68. The van der Waals surface area contributed by atoms with Crippen molar-refractivity contribution in [1.82, 2.24) is 10.2 Å². The molecule has 1 rings (SSSR count). The predicted molar refractivity (Wildman–Crippen MR) is 84.6 cm³/mol. The monoisotopic (exact) mass is 262 g/mol. The Bertz CT molecular complexity index is 328. The third kappa shape index (κ3) is 5.75. The van der Waals surface area contributed by atoms with Crippen molar-refractivity contribution in [3.05, 3.63) is 35.4 Å². The van der Waals surface area contributed by atoms with Gasteiger partial charge < -0.3 is 10.2 Å². The highest BCUT2D eigenvalue weighted by Gasteiger charge is 2.11. The molecule has 1 unspecified atom stereocenters. The largest absolute Gasteiger partial charge is 0.310 e. The molecule has 19 heavy (non-hydrogen) atoms. The lowest BCUT2D eigenvalue weighted by molar-refractivity contribution is 0.282. The van der Waals surface area contributed by atoms with Crippen LogP contribution in [0.25, 0.3) is 0 Å². The summed E-state index contributed by atoms with van der Waals surface area (Å²) < 4.78 is 0. The standard InChI is InChI=1S/C17H30N2/c1-5-13-18-17(12-14-19(6-2)7-3)16-10-8-15(4)9-11-16/h8-11,17-18H,5-7,12-14H2,1-4H3. The normalized spacial score (nSPS) is 12.9. The Labute approximate surface area is 119 Å². The van der Waals surface area contributed by atoms with Crippen molar-refractivity contribution >= 4 is 0 Å². The summed E-state index contributed by atoms with van der Waals surface area (Å²) in [4.78, 5) is 2.49. The molecular weight excluding hydrogens is 232 g/mol. The smallest absolute Gasteiger partial charge is 0.0332 e. The van der Waals surface area contributed by atoms with Gasteiger partial charge in [0, 0.05) is 6.04 Å². The number of rotatable bonds is 9. The Balaban J connectivity index is 2.63. The van der Waals surface area contributed by atoms with Gasteiger partial charge in [0.1, 0.15) is 0 Å². The van der Waals surface area contributed by atoms with Crippen LogP contribution in [0.2, 0.25) is 0 Å². The summed E-state index contributed by atoms with van der Waals surface area (Å²) >= 11 is 0. The first kappa shape index (κ1) is 16.2. The van der Waals surface area contributed by atoms with E-state index in [0.29, 0.717) is 6.04 Å². The number of nitrogens with one attached hydrogen (secondary N) is 1. The first-order chi connectivity index (χ1) is 9.21. The molecule has 0 fully saturated rings. The van der Waals surface area contributed by atoms with Gasteiger partial charge in [-0.1, -0.05) is 50.6 Å². The quantitative estimate of drug-likeness (QED) is 0.729. The molecule has 2 nitrogen and oxygen atoms in total. The second kappa shape index (κ2) is 9.11. The van der Waals surface area contributed by atoms with E-state index in [2.05, 4.69) is 62.2 Å². The van der Waals surface area contributed by atoms with Crippen molar-refractivity contribution < 1.29 is 0 Å². The van der Waals surface area contributed by atoms with E-state index >= 15 is 0 Å². The first-order valence-electron chi connectivity index (χ1n) is 7.73. The fourth-order valence-corrected chi connectivity index (χ4v) is 2.36. The zero-order valence-corrected chi connectivity index (χ0v) is 13.1. The minimum atomic E-state index is 0.487. The molecule has 0 spiro atoms. The summed E-state index contributed by atoms with van der Waals surface area (Å²) in [5.41, 5.74) is 2.76. The maximum Gasteiger partial charge on any atom is 0.0332 e. The van der Waals surface area contributed by atoms with Crippen molar-refractivity contribution in [3.8, 4) is 0 Å². The highest BCUT2D eigenvalue weighted by Crippen LogP contribution is 2.18. The minimum Gasteiger partial charge on any atom is -0.310 e. The Morgan fingerprint density at radius 3 is 2.21 bits per heavy atom. The van der Waals surface area contributed by atoms with E-state index in [-0.39, 0.29) is 0 Å². The molecule has 0 radical (unpaired) electrons. The summed E-state index contributed by atoms with van der Waals surface area (Å²) in [6.07, 6.45) is 2.37. The molecule has 0 bridgehead atoms. The van der Waals surface area contributed by atoms with Crippen molar-refractivity contribution in [1.29, 1.82) is 0 Å². The maximum absolute atomic E-state index is 3.68. The third-order valence-electron chi connectivity index (χ3n) is 3.75. The van der Waals surface area contributed by atoms with Crippen LogP contribution in [0.5, 0.6) is 0 Å².